The molecule has 0 aliphatic heterocycles. The molecule has 2 aromatic rings. The van der Waals surface area contributed by atoms with Gasteiger partial charge in [-0.25, -0.2) is 4.79 Å². The SMILES string of the molecule is Cn1c2c(c3ccccc31)CC/C2=N\OC(=O)CCl. The van der Waals surface area contributed by atoms with Crippen LogP contribution in [0.15, 0.2) is 29.4 Å². The van der Waals surface area contributed by atoms with E-state index in [-0.39, 0.29) is 5.88 Å². The Morgan fingerprint density at radius 2 is 2.21 bits per heavy atom. The molecule has 0 saturated heterocycles. The third-order valence-corrected chi connectivity index (χ3v) is 3.68. The minimum atomic E-state index is -0.526. The fourth-order valence-electron chi connectivity index (χ4n) is 2.67. The molecule has 0 amide bonds. The van der Waals surface area contributed by atoms with Gasteiger partial charge < -0.3 is 9.40 Å². The molecule has 1 aromatic heterocycles. The van der Waals surface area contributed by atoms with Gasteiger partial charge >= 0.3 is 5.97 Å². The molecule has 0 saturated carbocycles. The van der Waals surface area contributed by atoms with Gasteiger partial charge in [-0.2, -0.15) is 0 Å². The summed E-state index contributed by atoms with van der Waals surface area (Å²) in [5.41, 5.74) is 4.32. The number of alkyl halides is 1. The summed E-state index contributed by atoms with van der Waals surface area (Å²) in [5.74, 6) is -0.708. The number of benzene rings is 1. The second-order valence-electron chi connectivity index (χ2n) is 4.54. The molecule has 0 unspecified atom stereocenters. The standard InChI is InChI=1S/C14H13ClN2O2/c1-17-12-5-3-2-4-9(12)10-6-7-11(14(10)17)16-19-13(18)8-15/h2-5H,6-8H2,1H3/b16-11+. The Bertz CT molecular complexity index is 688. The molecule has 0 bridgehead atoms. The van der Waals surface area contributed by atoms with Gasteiger partial charge in [0.15, 0.2) is 0 Å². The predicted octanol–water partition coefficient (Wildman–Crippen LogP) is 2.61. The lowest BCUT2D eigenvalue weighted by Crippen LogP contribution is -2.07. The van der Waals surface area contributed by atoms with Crippen molar-refractivity contribution in [1.82, 2.24) is 4.57 Å². The molecule has 0 fully saturated rings. The lowest BCUT2D eigenvalue weighted by molar-refractivity contribution is -0.140. The average Bonchev–Trinajstić information content (AvgIpc) is 2.98. The van der Waals surface area contributed by atoms with E-state index in [1.165, 1.54) is 16.5 Å². The second-order valence-corrected chi connectivity index (χ2v) is 4.81. The van der Waals surface area contributed by atoms with E-state index in [4.69, 9.17) is 16.4 Å². The topological polar surface area (TPSA) is 43.6 Å². The molecule has 0 radical (unpaired) electrons. The number of rotatable bonds is 2. The number of carbonyl (C=O) groups is 1. The van der Waals surface area contributed by atoms with Gasteiger partial charge in [-0.15, -0.1) is 11.6 Å². The van der Waals surface area contributed by atoms with E-state index in [1.54, 1.807) is 0 Å². The molecule has 4 nitrogen and oxygen atoms in total. The summed E-state index contributed by atoms with van der Waals surface area (Å²) in [6.07, 6.45) is 1.72. The van der Waals surface area contributed by atoms with Crippen molar-refractivity contribution in [2.45, 2.75) is 12.8 Å². The highest BCUT2D eigenvalue weighted by atomic mass is 35.5. The number of nitrogens with zero attached hydrogens (tertiary/aromatic N) is 2. The van der Waals surface area contributed by atoms with E-state index in [1.807, 2.05) is 19.2 Å². The van der Waals surface area contributed by atoms with Crippen molar-refractivity contribution in [3.05, 3.63) is 35.5 Å². The number of aryl methyl sites for hydroxylation is 2. The Morgan fingerprint density at radius 3 is 3.00 bits per heavy atom. The van der Waals surface area contributed by atoms with E-state index >= 15 is 0 Å². The van der Waals surface area contributed by atoms with Crippen LogP contribution in [-0.2, 0) is 23.1 Å². The lowest BCUT2D eigenvalue weighted by Gasteiger charge is -2.03. The quantitative estimate of drug-likeness (QED) is 0.481. The Balaban J connectivity index is 2.07. The van der Waals surface area contributed by atoms with Crippen LogP contribution in [0.1, 0.15) is 17.7 Å². The molecule has 19 heavy (non-hydrogen) atoms. The van der Waals surface area contributed by atoms with Gasteiger partial charge in [-0.1, -0.05) is 23.4 Å². The van der Waals surface area contributed by atoms with Crippen LogP contribution in [-0.4, -0.2) is 22.1 Å². The second kappa shape index (κ2) is 4.70. The molecule has 0 atom stereocenters. The van der Waals surface area contributed by atoms with Crippen LogP contribution in [0.4, 0.5) is 0 Å². The van der Waals surface area contributed by atoms with Crippen LogP contribution in [0, 0.1) is 0 Å². The Morgan fingerprint density at radius 1 is 1.42 bits per heavy atom. The predicted molar refractivity (Wildman–Crippen MR) is 74.6 cm³/mol. The molecule has 98 valence electrons. The summed E-state index contributed by atoms with van der Waals surface area (Å²) in [6.45, 7) is 0. The zero-order valence-corrected chi connectivity index (χ0v) is 11.3. The minimum absolute atomic E-state index is 0.182. The first kappa shape index (κ1) is 12.2. The number of carbonyl (C=O) groups excluding carboxylic acids is 1. The van der Waals surface area contributed by atoms with E-state index in [0.29, 0.717) is 0 Å². The van der Waals surface area contributed by atoms with Crippen LogP contribution in [0.2, 0.25) is 0 Å². The highest BCUT2D eigenvalue weighted by Crippen LogP contribution is 2.32. The normalized spacial score (nSPS) is 16.0. The monoisotopic (exact) mass is 276 g/mol. The van der Waals surface area contributed by atoms with Crippen molar-refractivity contribution < 1.29 is 9.63 Å². The molecule has 1 aliphatic rings. The third-order valence-electron chi connectivity index (χ3n) is 3.46. The summed E-state index contributed by atoms with van der Waals surface area (Å²) in [6, 6.07) is 8.24. The van der Waals surface area contributed by atoms with Crippen molar-refractivity contribution in [2.75, 3.05) is 5.88 Å². The van der Waals surface area contributed by atoms with Crippen LogP contribution < -0.4 is 0 Å². The first-order chi connectivity index (χ1) is 9.22. The number of hydrogen-bond donors (Lipinski definition) is 0. The van der Waals surface area contributed by atoms with Gasteiger partial charge in [0.2, 0.25) is 0 Å². The van der Waals surface area contributed by atoms with E-state index < -0.39 is 5.97 Å². The first-order valence-corrected chi connectivity index (χ1v) is 6.65. The fraction of sp³-hybridized carbons (Fsp3) is 0.286. The Hall–Kier alpha value is -1.81. The molecular weight excluding hydrogens is 264 g/mol. The Labute approximate surface area is 115 Å². The maximum atomic E-state index is 11.1. The van der Waals surface area contributed by atoms with Crippen LogP contribution in [0.25, 0.3) is 10.9 Å². The first-order valence-electron chi connectivity index (χ1n) is 6.11. The maximum absolute atomic E-state index is 11.1. The average molecular weight is 277 g/mol. The van der Waals surface area contributed by atoms with Crippen molar-refractivity contribution in [3.8, 4) is 0 Å². The zero-order valence-electron chi connectivity index (χ0n) is 10.5. The number of para-hydroxylation sites is 1. The minimum Gasteiger partial charge on any atom is -0.342 e. The molecule has 0 spiro atoms. The fourth-order valence-corrected chi connectivity index (χ4v) is 2.72. The van der Waals surface area contributed by atoms with Crippen LogP contribution >= 0.6 is 11.6 Å². The Kier molecular flexibility index (Phi) is 3.03. The maximum Gasteiger partial charge on any atom is 0.349 e. The van der Waals surface area contributed by atoms with Crippen molar-refractivity contribution in [1.29, 1.82) is 0 Å². The smallest absolute Gasteiger partial charge is 0.342 e. The molecule has 1 aromatic carbocycles. The van der Waals surface area contributed by atoms with E-state index in [0.717, 1.165) is 24.2 Å². The van der Waals surface area contributed by atoms with Crippen molar-refractivity contribution in [3.63, 3.8) is 0 Å². The van der Waals surface area contributed by atoms with Gasteiger partial charge in [0.25, 0.3) is 0 Å². The van der Waals surface area contributed by atoms with Crippen LogP contribution in [0.3, 0.4) is 0 Å². The number of oxime groups is 1. The van der Waals surface area contributed by atoms with E-state index in [2.05, 4.69) is 21.9 Å². The summed E-state index contributed by atoms with van der Waals surface area (Å²) in [7, 11) is 2.01. The van der Waals surface area contributed by atoms with Gasteiger partial charge in [0.1, 0.15) is 11.6 Å². The zero-order chi connectivity index (χ0) is 13.4. The number of hydrogen-bond acceptors (Lipinski definition) is 3. The molecule has 0 N–H and O–H groups in total. The highest BCUT2D eigenvalue weighted by Gasteiger charge is 2.25. The number of halogens is 1. The van der Waals surface area contributed by atoms with Crippen molar-refractivity contribution >= 4 is 34.2 Å². The number of aromatic nitrogens is 1. The van der Waals surface area contributed by atoms with Gasteiger partial charge in [0, 0.05) is 18.0 Å². The van der Waals surface area contributed by atoms with Gasteiger partial charge in [-0.05, 0) is 24.5 Å². The van der Waals surface area contributed by atoms with E-state index in [9.17, 15) is 4.79 Å². The third kappa shape index (κ3) is 1.92. The summed E-state index contributed by atoms with van der Waals surface area (Å²) in [4.78, 5) is 15.9. The van der Waals surface area contributed by atoms with Crippen molar-refractivity contribution in [2.24, 2.45) is 12.2 Å². The van der Waals surface area contributed by atoms with Gasteiger partial charge in [-0.3, -0.25) is 0 Å². The lowest BCUT2D eigenvalue weighted by atomic mass is 10.1. The highest BCUT2D eigenvalue weighted by molar-refractivity contribution is 6.26. The summed E-state index contributed by atoms with van der Waals surface area (Å²) in [5, 5.41) is 5.20. The summed E-state index contributed by atoms with van der Waals surface area (Å²) < 4.78 is 2.10. The molecule has 3 rings (SSSR count). The number of fused-ring (bicyclic) bond motifs is 3. The largest absolute Gasteiger partial charge is 0.349 e. The molecular formula is C14H13ClN2O2. The summed E-state index contributed by atoms with van der Waals surface area (Å²) >= 11 is 5.38. The van der Waals surface area contributed by atoms with Gasteiger partial charge in [0.05, 0.1) is 5.69 Å². The molecule has 1 aliphatic carbocycles. The molecule has 1 heterocycles. The van der Waals surface area contributed by atoms with Crippen LogP contribution in [0.5, 0.6) is 0 Å². The molecule has 5 heteroatoms.